The second-order valence-corrected chi connectivity index (χ2v) is 4.07. The van der Waals surface area contributed by atoms with Crippen molar-refractivity contribution in [2.75, 3.05) is 13.2 Å². The molecule has 0 radical (unpaired) electrons. The molecule has 1 aliphatic carbocycles. The largest absolute Gasteiger partial charge is 0.396 e. The number of rotatable bonds is 5. The Kier molecular flexibility index (Phi) is 5.40. The topological polar surface area (TPSA) is 32.3 Å². The summed E-state index contributed by atoms with van der Waals surface area (Å²) in [4.78, 5) is 0. The van der Waals surface area contributed by atoms with Gasteiger partial charge in [0.15, 0.2) is 0 Å². The van der Waals surface area contributed by atoms with E-state index in [0.29, 0.717) is 12.6 Å². The molecular formula is C11H23NO. The minimum atomic E-state index is 0.328. The highest BCUT2D eigenvalue weighted by atomic mass is 16.3. The average molecular weight is 185 g/mol. The van der Waals surface area contributed by atoms with E-state index in [1.54, 1.807) is 0 Å². The smallest absolute Gasteiger partial charge is 0.0445 e. The first kappa shape index (κ1) is 11.0. The Labute approximate surface area is 81.7 Å². The van der Waals surface area contributed by atoms with Crippen LogP contribution >= 0.6 is 0 Å². The van der Waals surface area contributed by atoms with Crippen LogP contribution in [0, 0.1) is 5.92 Å². The molecule has 1 atom stereocenters. The molecule has 2 nitrogen and oxygen atoms in total. The summed E-state index contributed by atoms with van der Waals surface area (Å²) in [6.07, 6.45) is 7.83. The second kappa shape index (κ2) is 6.39. The zero-order valence-corrected chi connectivity index (χ0v) is 8.76. The lowest BCUT2D eigenvalue weighted by Crippen LogP contribution is -2.37. The molecule has 0 spiro atoms. The first-order valence-corrected chi connectivity index (χ1v) is 5.72. The van der Waals surface area contributed by atoms with Gasteiger partial charge in [0.2, 0.25) is 0 Å². The number of hydrogen-bond acceptors (Lipinski definition) is 2. The van der Waals surface area contributed by atoms with Crippen LogP contribution in [0.3, 0.4) is 0 Å². The zero-order valence-electron chi connectivity index (χ0n) is 8.76. The van der Waals surface area contributed by atoms with Crippen molar-refractivity contribution >= 4 is 0 Å². The van der Waals surface area contributed by atoms with E-state index >= 15 is 0 Å². The number of aliphatic hydroxyl groups is 1. The molecule has 0 aromatic carbocycles. The van der Waals surface area contributed by atoms with Crippen LogP contribution in [-0.4, -0.2) is 24.3 Å². The molecule has 2 heteroatoms. The lowest BCUT2D eigenvalue weighted by atomic mass is 9.83. The van der Waals surface area contributed by atoms with Gasteiger partial charge >= 0.3 is 0 Å². The summed E-state index contributed by atoms with van der Waals surface area (Å²) in [5.74, 6) is 0.820. The SMILES string of the molecule is CCNC(CCO)C1CCCCC1. The van der Waals surface area contributed by atoms with E-state index in [-0.39, 0.29) is 0 Å². The zero-order chi connectivity index (χ0) is 9.52. The van der Waals surface area contributed by atoms with Crippen LogP contribution in [-0.2, 0) is 0 Å². The van der Waals surface area contributed by atoms with E-state index in [2.05, 4.69) is 12.2 Å². The minimum absolute atomic E-state index is 0.328. The molecule has 0 heterocycles. The van der Waals surface area contributed by atoms with Crippen LogP contribution in [0.2, 0.25) is 0 Å². The Morgan fingerprint density at radius 1 is 1.31 bits per heavy atom. The Bertz CT molecular complexity index is 115. The summed E-state index contributed by atoms with van der Waals surface area (Å²) in [7, 11) is 0. The van der Waals surface area contributed by atoms with Gasteiger partial charge in [0.1, 0.15) is 0 Å². The molecule has 0 aliphatic heterocycles. The second-order valence-electron chi connectivity index (χ2n) is 4.07. The third-order valence-electron chi connectivity index (χ3n) is 3.13. The summed E-state index contributed by atoms with van der Waals surface area (Å²) >= 11 is 0. The Morgan fingerprint density at radius 2 is 2.00 bits per heavy atom. The summed E-state index contributed by atoms with van der Waals surface area (Å²) in [5.41, 5.74) is 0. The van der Waals surface area contributed by atoms with E-state index in [9.17, 15) is 0 Å². The fourth-order valence-corrected chi connectivity index (χ4v) is 2.44. The van der Waals surface area contributed by atoms with Gasteiger partial charge in [-0.3, -0.25) is 0 Å². The van der Waals surface area contributed by atoms with Gasteiger partial charge in [0, 0.05) is 12.6 Å². The molecule has 2 N–H and O–H groups in total. The van der Waals surface area contributed by atoms with Gasteiger partial charge in [-0.1, -0.05) is 26.2 Å². The third-order valence-corrected chi connectivity index (χ3v) is 3.13. The van der Waals surface area contributed by atoms with Crippen molar-refractivity contribution in [3.8, 4) is 0 Å². The average Bonchev–Trinajstić information content (AvgIpc) is 2.19. The monoisotopic (exact) mass is 185 g/mol. The van der Waals surface area contributed by atoms with E-state index in [0.717, 1.165) is 18.9 Å². The van der Waals surface area contributed by atoms with Gasteiger partial charge < -0.3 is 10.4 Å². The van der Waals surface area contributed by atoms with Gasteiger partial charge in [-0.25, -0.2) is 0 Å². The van der Waals surface area contributed by atoms with Gasteiger partial charge in [0.05, 0.1) is 0 Å². The molecule has 1 rings (SSSR count). The van der Waals surface area contributed by atoms with Gasteiger partial charge in [-0.05, 0) is 31.7 Å². The third kappa shape index (κ3) is 3.65. The maximum atomic E-state index is 8.95. The molecule has 0 aromatic heterocycles. The highest BCUT2D eigenvalue weighted by Crippen LogP contribution is 2.27. The first-order chi connectivity index (χ1) is 6.38. The molecule has 78 valence electrons. The maximum absolute atomic E-state index is 8.95. The minimum Gasteiger partial charge on any atom is -0.396 e. The fraction of sp³-hybridized carbons (Fsp3) is 1.00. The predicted octanol–water partition coefficient (Wildman–Crippen LogP) is 1.93. The number of hydrogen-bond donors (Lipinski definition) is 2. The van der Waals surface area contributed by atoms with Crippen LogP contribution in [0.15, 0.2) is 0 Å². The maximum Gasteiger partial charge on any atom is 0.0445 e. The summed E-state index contributed by atoms with van der Waals surface area (Å²) in [6, 6.07) is 0.565. The van der Waals surface area contributed by atoms with Crippen molar-refractivity contribution in [3.63, 3.8) is 0 Å². The molecular weight excluding hydrogens is 162 g/mol. The van der Waals surface area contributed by atoms with Crippen LogP contribution in [0.4, 0.5) is 0 Å². The Morgan fingerprint density at radius 3 is 2.54 bits per heavy atom. The highest BCUT2D eigenvalue weighted by Gasteiger charge is 2.21. The van der Waals surface area contributed by atoms with Gasteiger partial charge in [-0.15, -0.1) is 0 Å². The lowest BCUT2D eigenvalue weighted by Gasteiger charge is -2.30. The predicted molar refractivity (Wildman–Crippen MR) is 55.7 cm³/mol. The molecule has 1 unspecified atom stereocenters. The van der Waals surface area contributed by atoms with Crippen molar-refractivity contribution in [2.24, 2.45) is 5.92 Å². The van der Waals surface area contributed by atoms with Crippen molar-refractivity contribution in [2.45, 2.75) is 51.5 Å². The molecule has 1 saturated carbocycles. The molecule has 0 bridgehead atoms. The molecule has 0 aromatic rings. The van der Waals surface area contributed by atoms with Crippen LogP contribution in [0.1, 0.15) is 45.4 Å². The summed E-state index contributed by atoms with van der Waals surface area (Å²) in [5, 5.41) is 12.4. The molecule has 13 heavy (non-hydrogen) atoms. The molecule has 0 saturated heterocycles. The highest BCUT2D eigenvalue weighted by molar-refractivity contribution is 4.78. The molecule has 0 amide bonds. The van der Waals surface area contributed by atoms with E-state index in [1.807, 2.05) is 0 Å². The Hall–Kier alpha value is -0.0800. The van der Waals surface area contributed by atoms with E-state index in [4.69, 9.17) is 5.11 Å². The normalized spacial score (nSPS) is 21.7. The van der Waals surface area contributed by atoms with Crippen molar-refractivity contribution in [1.82, 2.24) is 5.32 Å². The van der Waals surface area contributed by atoms with Crippen LogP contribution < -0.4 is 5.32 Å². The van der Waals surface area contributed by atoms with Crippen molar-refractivity contribution < 1.29 is 5.11 Å². The fourth-order valence-electron chi connectivity index (χ4n) is 2.44. The van der Waals surface area contributed by atoms with Crippen molar-refractivity contribution in [1.29, 1.82) is 0 Å². The lowest BCUT2D eigenvalue weighted by molar-refractivity contribution is 0.208. The molecule has 1 fully saturated rings. The standard InChI is InChI=1S/C11H23NO/c1-2-12-11(8-9-13)10-6-4-3-5-7-10/h10-13H,2-9H2,1H3. The van der Waals surface area contributed by atoms with Crippen LogP contribution in [0.5, 0.6) is 0 Å². The molecule has 1 aliphatic rings. The first-order valence-electron chi connectivity index (χ1n) is 5.72. The van der Waals surface area contributed by atoms with Gasteiger partial charge in [0.25, 0.3) is 0 Å². The summed E-state index contributed by atoms with van der Waals surface area (Å²) in [6.45, 7) is 3.50. The Balaban J connectivity index is 2.32. The quantitative estimate of drug-likeness (QED) is 0.686. The van der Waals surface area contributed by atoms with Crippen LogP contribution in [0.25, 0.3) is 0 Å². The van der Waals surface area contributed by atoms with E-state index in [1.165, 1.54) is 32.1 Å². The van der Waals surface area contributed by atoms with Gasteiger partial charge in [-0.2, -0.15) is 0 Å². The van der Waals surface area contributed by atoms with Crippen molar-refractivity contribution in [3.05, 3.63) is 0 Å². The van der Waals surface area contributed by atoms with E-state index < -0.39 is 0 Å². The summed E-state index contributed by atoms with van der Waals surface area (Å²) < 4.78 is 0. The number of aliphatic hydroxyl groups excluding tert-OH is 1. The number of nitrogens with one attached hydrogen (secondary N) is 1.